The Morgan fingerprint density at radius 1 is 0.627 bits per heavy atom. The Balaban J connectivity index is 0.000000413. The molecule has 0 fully saturated rings. The number of ether oxygens (including phenoxy) is 7. The minimum atomic E-state index is -0.934. The molecule has 19 nitrogen and oxygen atoms in total. The SMILES string of the molecule is COC(C)Cc1c(Cl)ncnc1N(C(=O)OC(C)(C)C)C(=O)OC(C)(C)C.COC(Cc1c(-c2cn[nH]c2)ncnc1N(C(=O)OC(C)(C)C)C(=O)OC(C)(C)C)OC. The van der Waals surface area contributed by atoms with E-state index in [1.54, 1.807) is 103 Å². The van der Waals surface area contributed by atoms with Gasteiger partial charge in [0.1, 0.15) is 40.2 Å². The van der Waals surface area contributed by atoms with E-state index in [9.17, 15) is 19.2 Å². The number of H-pyrrole nitrogens is 1. The van der Waals surface area contributed by atoms with Crippen molar-refractivity contribution in [3.63, 3.8) is 0 Å². The highest BCUT2D eigenvalue weighted by Gasteiger charge is 2.38. The van der Waals surface area contributed by atoms with E-state index < -0.39 is 53.1 Å². The molecule has 4 amide bonds. The zero-order valence-electron chi connectivity index (χ0n) is 36.9. The summed E-state index contributed by atoms with van der Waals surface area (Å²) in [5, 5.41) is 6.79. The first-order valence-electron chi connectivity index (χ1n) is 18.5. The van der Waals surface area contributed by atoms with Gasteiger partial charge >= 0.3 is 24.4 Å². The molecule has 3 aromatic heterocycles. The van der Waals surface area contributed by atoms with Gasteiger partial charge in [-0.05, 0) is 90.0 Å². The number of anilines is 2. The molecule has 0 bridgehead atoms. The number of imide groups is 2. The van der Waals surface area contributed by atoms with Crippen molar-refractivity contribution in [2.45, 2.75) is 138 Å². The lowest BCUT2D eigenvalue weighted by Crippen LogP contribution is -2.45. The standard InChI is InChI=1S/C21H31N5O6.C18H28ClN3O5/c1-20(2,3)31-18(27)26(19(28)32-21(4,5)6)17-14(9-15(29-7)30-8)16(22-12-23-17)13-10-24-25-11-13;1-11(25-8)9-12-13(19)20-10-21-14(12)22(15(23)26-17(2,3)4)16(24)27-18(5,6)7/h10-12,15H,9H2,1-8H3,(H,24,25);10-11H,9H2,1-8H3. The van der Waals surface area contributed by atoms with Crippen LogP contribution in [0.4, 0.5) is 30.8 Å². The fourth-order valence-electron chi connectivity index (χ4n) is 4.69. The van der Waals surface area contributed by atoms with Crippen LogP contribution in [0.1, 0.15) is 101 Å². The maximum Gasteiger partial charge on any atom is 0.425 e. The molecule has 0 aliphatic heterocycles. The van der Waals surface area contributed by atoms with Gasteiger partial charge in [0.2, 0.25) is 0 Å². The highest BCUT2D eigenvalue weighted by Crippen LogP contribution is 2.32. The second kappa shape index (κ2) is 20.8. The van der Waals surface area contributed by atoms with Crippen molar-refractivity contribution >= 4 is 47.6 Å². The van der Waals surface area contributed by atoms with Gasteiger partial charge in [0, 0.05) is 57.1 Å². The highest BCUT2D eigenvalue weighted by atomic mass is 35.5. The number of aromatic nitrogens is 6. The van der Waals surface area contributed by atoms with E-state index in [1.807, 2.05) is 6.92 Å². The third kappa shape index (κ3) is 16.3. The maximum atomic E-state index is 13.1. The molecule has 0 aromatic carbocycles. The molecular weight excluding hydrogens is 792 g/mol. The number of methoxy groups -OCH3 is 3. The number of nitrogens with zero attached hydrogens (tertiary/aromatic N) is 7. The van der Waals surface area contributed by atoms with E-state index in [-0.39, 0.29) is 35.7 Å². The first kappa shape index (κ1) is 50.2. The summed E-state index contributed by atoms with van der Waals surface area (Å²) in [4.78, 5) is 69.9. The Morgan fingerprint density at radius 3 is 1.39 bits per heavy atom. The van der Waals surface area contributed by atoms with Gasteiger partial charge < -0.3 is 33.2 Å². The van der Waals surface area contributed by atoms with Gasteiger partial charge in [-0.3, -0.25) is 5.10 Å². The number of amides is 4. The van der Waals surface area contributed by atoms with Crippen molar-refractivity contribution in [3.05, 3.63) is 41.3 Å². The summed E-state index contributed by atoms with van der Waals surface area (Å²) < 4.78 is 37.6. The third-order valence-corrected chi connectivity index (χ3v) is 7.41. The van der Waals surface area contributed by atoms with Gasteiger partial charge in [0.05, 0.1) is 18.0 Å². The number of hydrogen-bond acceptors (Lipinski definition) is 16. The average Bonchev–Trinajstić information content (AvgIpc) is 3.61. The number of rotatable bonds is 10. The van der Waals surface area contributed by atoms with Gasteiger partial charge in [-0.25, -0.2) is 39.1 Å². The van der Waals surface area contributed by atoms with E-state index >= 15 is 0 Å². The highest BCUT2D eigenvalue weighted by molar-refractivity contribution is 6.30. The summed E-state index contributed by atoms with van der Waals surface area (Å²) >= 11 is 6.21. The Kier molecular flexibility index (Phi) is 17.7. The van der Waals surface area contributed by atoms with E-state index in [0.717, 1.165) is 9.80 Å². The molecule has 1 N–H and O–H groups in total. The fraction of sp³-hybridized carbons (Fsp3) is 0.615. The van der Waals surface area contributed by atoms with Crippen LogP contribution in [0, 0.1) is 0 Å². The number of hydrogen-bond donors (Lipinski definition) is 1. The quantitative estimate of drug-likeness (QED) is 0.116. The van der Waals surface area contributed by atoms with Crippen molar-refractivity contribution in [1.29, 1.82) is 0 Å². The Morgan fingerprint density at radius 2 is 1.03 bits per heavy atom. The Hall–Kier alpha value is -4.98. The number of aromatic amines is 1. The lowest BCUT2D eigenvalue weighted by molar-refractivity contribution is -0.100. The minimum absolute atomic E-state index is 0.00111. The molecule has 3 aromatic rings. The molecule has 3 heterocycles. The summed E-state index contributed by atoms with van der Waals surface area (Å²) in [6.07, 6.45) is 1.39. The summed E-state index contributed by atoms with van der Waals surface area (Å²) in [7, 11) is 4.50. The van der Waals surface area contributed by atoms with Gasteiger partial charge in [-0.2, -0.15) is 14.9 Å². The van der Waals surface area contributed by atoms with E-state index in [2.05, 4.69) is 30.1 Å². The average molecular weight is 851 g/mol. The fourth-order valence-corrected chi connectivity index (χ4v) is 4.89. The molecule has 0 saturated heterocycles. The first-order chi connectivity index (χ1) is 27.1. The number of carbonyl (C=O) groups is 4. The van der Waals surface area contributed by atoms with Crippen LogP contribution in [0.15, 0.2) is 25.0 Å². The third-order valence-electron chi connectivity index (χ3n) is 7.08. The van der Waals surface area contributed by atoms with Crippen LogP contribution in [0.5, 0.6) is 0 Å². The van der Waals surface area contributed by atoms with Gasteiger partial charge in [0.25, 0.3) is 0 Å². The van der Waals surface area contributed by atoms with Crippen molar-refractivity contribution in [2.24, 2.45) is 0 Å². The van der Waals surface area contributed by atoms with Crippen LogP contribution in [0.2, 0.25) is 5.15 Å². The predicted molar refractivity (Wildman–Crippen MR) is 218 cm³/mol. The van der Waals surface area contributed by atoms with E-state index in [0.29, 0.717) is 22.4 Å². The van der Waals surface area contributed by atoms with Crippen LogP contribution in [-0.4, -0.2) is 111 Å². The molecule has 328 valence electrons. The molecule has 20 heteroatoms. The smallest absolute Gasteiger partial charge is 0.425 e. The van der Waals surface area contributed by atoms with Crippen LogP contribution < -0.4 is 9.80 Å². The van der Waals surface area contributed by atoms with Crippen molar-refractivity contribution in [1.82, 2.24) is 30.1 Å². The molecular formula is C39H59ClN8O11. The predicted octanol–water partition coefficient (Wildman–Crippen LogP) is 8.09. The first-order valence-corrected chi connectivity index (χ1v) is 18.9. The van der Waals surface area contributed by atoms with Gasteiger partial charge in [-0.15, -0.1) is 0 Å². The largest absolute Gasteiger partial charge is 0.443 e. The molecule has 0 aliphatic rings. The molecule has 59 heavy (non-hydrogen) atoms. The molecule has 1 unspecified atom stereocenters. The minimum Gasteiger partial charge on any atom is -0.443 e. The van der Waals surface area contributed by atoms with Crippen LogP contribution in [0.3, 0.4) is 0 Å². The molecule has 3 rings (SSSR count). The molecule has 1 atom stereocenters. The maximum absolute atomic E-state index is 13.1. The number of nitrogens with one attached hydrogen (secondary N) is 1. The van der Waals surface area contributed by atoms with Crippen molar-refractivity contribution < 1.29 is 52.3 Å². The van der Waals surface area contributed by atoms with E-state index in [1.165, 1.54) is 26.9 Å². The molecule has 0 saturated carbocycles. The van der Waals surface area contributed by atoms with Crippen molar-refractivity contribution in [2.75, 3.05) is 31.1 Å². The second-order valence-corrected chi connectivity index (χ2v) is 17.3. The van der Waals surface area contributed by atoms with Crippen LogP contribution in [-0.2, 0) is 46.0 Å². The van der Waals surface area contributed by atoms with Crippen LogP contribution >= 0.6 is 11.6 Å². The summed E-state index contributed by atoms with van der Waals surface area (Å²) in [6.45, 7) is 22.2. The van der Waals surface area contributed by atoms with Gasteiger partial charge in [-0.1, -0.05) is 11.6 Å². The summed E-state index contributed by atoms with van der Waals surface area (Å²) in [6, 6.07) is 0. The monoisotopic (exact) mass is 850 g/mol. The lowest BCUT2D eigenvalue weighted by atomic mass is 10.1. The Labute approximate surface area is 350 Å². The Bertz CT molecular complexity index is 1810. The molecule has 0 radical (unpaired) electrons. The summed E-state index contributed by atoms with van der Waals surface area (Å²) in [5.41, 5.74) is -1.51. The zero-order valence-corrected chi connectivity index (χ0v) is 37.6. The lowest BCUT2D eigenvalue weighted by Gasteiger charge is -2.29. The molecule has 0 spiro atoms. The summed E-state index contributed by atoms with van der Waals surface area (Å²) in [5.74, 6) is 0.00111. The van der Waals surface area contributed by atoms with Gasteiger partial charge in [0.15, 0.2) is 17.9 Å². The molecule has 0 aliphatic carbocycles. The van der Waals surface area contributed by atoms with E-state index in [4.69, 9.17) is 44.8 Å². The topological polar surface area (TPSA) is 220 Å². The van der Waals surface area contributed by atoms with Crippen LogP contribution in [0.25, 0.3) is 11.3 Å². The number of halogens is 1. The van der Waals surface area contributed by atoms with Crippen molar-refractivity contribution in [3.8, 4) is 11.3 Å². The number of carbonyl (C=O) groups excluding carboxylic acids is 4. The second-order valence-electron chi connectivity index (χ2n) is 16.9. The normalized spacial score (nSPS) is 12.5. The zero-order chi connectivity index (χ0) is 45.1.